The molecule has 2 saturated carbocycles. The van der Waals surface area contributed by atoms with Crippen LogP contribution in [0.5, 0.6) is 0 Å². The lowest BCUT2D eigenvalue weighted by molar-refractivity contribution is -0.146. The first kappa shape index (κ1) is 17.1. The Balaban J connectivity index is 1.72. The van der Waals surface area contributed by atoms with Gasteiger partial charge in [-0.3, -0.25) is 4.79 Å². The number of hydrogen-bond donors (Lipinski definition) is 1. The Morgan fingerprint density at radius 3 is 2.65 bits per heavy atom. The minimum atomic E-state index is -0.764. The second-order valence-corrected chi connectivity index (χ2v) is 7.39. The number of halogens is 1. The molecule has 6 heteroatoms. The Morgan fingerprint density at radius 2 is 1.96 bits per heavy atom. The standard InChI is InChI=1S/C20H22FNO4/c1-2-26-20(25)16-18(23)15-12-5-6-13(9-12)17(15)22(19(16)24)10-11-3-7-14(21)8-4-11/h3-4,7-8,12-13,15,17,23H,2,5-6,9-10H2,1H3. The van der Waals surface area contributed by atoms with Gasteiger partial charge in [0.25, 0.3) is 5.91 Å². The predicted molar refractivity (Wildman–Crippen MR) is 91.3 cm³/mol. The van der Waals surface area contributed by atoms with E-state index in [1.807, 2.05) is 0 Å². The van der Waals surface area contributed by atoms with Crippen LogP contribution in [0.2, 0.25) is 0 Å². The fourth-order valence-corrected chi connectivity index (χ4v) is 5.01. The van der Waals surface area contributed by atoms with Crippen LogP contribution in [0, 0.1) is 23.6 Å². The lowest BCUT2D eigenvalue weighted by Gasteiger charge is -2.43. The van der Waals surface area contributed by atoms with Crippen molar-refractivity contribution in [2.24, 2.45) is 17.8 Å². The third-order valence-electron chi connectivity index (χ3n) is 6.02. The summed E-state index contributed by atoms with van der Waals surface area (Å²) in [5, 5.41) is 10.7. The van der Waals surface area contributed by atoms with Gasteiger partial charge < -0.3 is 14.7 Å². The van der Waals surface area contributed by atoms with E-state index in [0.717, 1.165) is 24.8 Å². The van der Waals surface area contributed by atoms with Gasteiger partial charge in [-0.25, -0.2) is 9.18 Å². The molecule has 0 spiro atoms. The number of amides is 1. The number of hydrogen-bond acceptors (Lipinski definition) is 4. The molecular formula is C20H22FNO4. The summed E-state index contributed by atoms with van der Waals surface area (Å²) in [5.74, 6) is -1.26. The van der Waals surface area contributed by atoms with Crippen LogP contribution in [-0.2, 0) is 20.9 Å². The van der Waals surface area contributed by atoms with Crippen molar-refractivity contribution in [2.45, 2.75) is 38.8 Å². The Morgan fingerprint density at radius 1 is 1.27 bits per heavy atom. The second-order valence-electron chi connectivity index (χ2n) is 7.39. The minimum absolute atomic E-state index is 0.0963. The molecule has 4 unspecified atom stereocenters. The van der Waals surface area contributed by atoms with Crippen LogP contribution in [0.1, 0.15) is 31.7 Å². The third-order valence-corrected chi connectivity index (χ3v) is 6.02. The van der Waals surface area contributed by atoms with Crippen LogP contribution in [-0.4, -0.2) is 34.5 Å². The summed E-state index contributed by atoms with van der Waals surface area (Å²) in [6.07, 6.45) is 2.99. The number of aliphatic hydroxyl groups excluding tert-OH is 1. The smallest absolute Gasteiger partial charge is 0.347 e. The highest BCUT2D eigenvalue weighted by atomic mass is 19.1. The zero-order valence-electron chi connectivity index (χ0n) is 14.7. The van der Waals surface area contributed by atoms with Crippen molar-refractivity contribution < 1.29 is 23.8 Å². The van der Waals surface area contributed by atoms with Gasteiger partial charge in [0.05, 0.1) is 6.61 Å². The number of fused-ring (bicyclic) bond motifs is 5. The molecule has 5 nitrogen and oxygen atoms in total. The van der Waals surface area contributed by atoms with E-state index >= 15 is 0 Å². The summed E-state index contributed by atoms with van der Waals surface area (Å²) in [6.45, 7) is 2.10. The average Bonchev–Trinajstić information content (AvgIpc) is 3.22. The van der Waals surface area contributed by atoms with Crippen molar-refractivity contribution in [2.75, 3.05) is 6.61 Å². The van der Waals surface area contributed by atoms with Crippen LogP contribution >= 0.6 is 0 Å². The molecule has 3 aliphatic rings. The molecule has 0 aromatic heterocycles. The maximum Gasteiger partial charge on any atom is 0.347 e. The largest absolute Gasteiger partial charge is 0.511 e. The maximum atomic E-state index is 13.2. The molecule has 1 N–H and O–H groups in total. The highest BCUT2D eigenvalue weighted by Crippen LogP contribution is 2.55. The SMILES string of the molecule is CCOC(=O)C1=C(O)C2C3CCC(C3)C2N(Cc2ccc(F)cc2)C1=O. The molecule has 2 bridgehead atoms. The highest BCUT2D eigenvalue weighted by Gasteiger charge is 2.57. The lowest BCUT2D eigenvalue weighted by atomic mass is 9.78. The molecule has 1 aromatic carbocycles. The second kappa shape index (κ2) is 6.41. The molecule has 0 radical (unpaired) electrons. The molecule has 1 amide bonds. The van der Waals surface area contributed by atoms with E-state index in [0.29, 0.717) is 18.4 Å². The molecule has 1 heterocycles. The molecule has 26 heavy (non-hydrogen) atoms. The summed E-state index contributed by atoms with van der Waals surface area (Å²) >= 11 is 0. The maximum absolute atomic E-state index is 13.2. The van der Waals surface area contributed by atoms with Gasteiger partial charge in [0, 0.05) is 18.5 Å². The topological polar surface area (TPSA) is 66.8 Å². The van der Waals surface area contributed by atoms with E-state index in [1.165, 1.54) is 12.1 Å². The summed E-state index contributed by atoms with van der Waals surface area (Å²) in [5.41, 5.74) is 0.564. The van der Waals surface area contributed by atoms with Crippen LogP contribution in [0.25, 0.3) is 0 Å². The first-order chi connectivity index (χ1) is 12.5. The van der Waals surface area contributed by atoms with Crippen molar-refractivity contribution in [1.82, 2.24) is 4.90 Å². The van der Waals surface area contributed by atoms with E-state index < -0.39 is 11.9 Å². The lowest BCUT2D eigenvalue weighted by Crippen LogP contribution is -2.53. The van der Waals surface area contributed by atoms with E-state index in [9.17, 15) is 19.1 Å². The van der Waals surface area contributed by atoms with Crippen LogP contribution in [0.3, 0.4) is 0 Å². The number of ether oxygens (including phenoxy) is 1. The van der Waals surface area contributed by atoms with Gasteiger partial charge >= 0.3 is 5.97 Å². The minimum Gasteiger partial charge on any atom is -0.511 e. The Hall–Kier alpha value is -2.37. The fraction of sp³-hybridized carbons (Fsp3) is 0.500. The van der Waals surface area contributed by atoms with Gasteiger partial charge in [-0.1, -0.05) is 12.1 Å². The van der Waals surface area contributed by atoms with E-state index in [-0.39, 0.29) is 35.7 Å². The average molecular weight is 359 g/mol. The molecule has 2 aliphatic carbocycles. The van der Waals surface area contributed by atoms with Gasteiger partial charge in [-0.2, -0.15) is 0 Å². The number of carbonyl (C=O) groups excluding carboxylic acids is 2. The molecule has 1 aromatic rings. The molecule has 4 atom stereocenters. The molecule has 0 saturated heterocycles. The van der Waals surface area contributed by atoms with Crippen molar-refractivity contribution in [3.05, 3.63) is 47.0 Å². The van der Waals surface area contributed by atoms with Gasteiger partial charge in [0.15, 0.2) is 5.57 Å². The zero-order chi connectivity index (χ0) is 18.4. The summed E-state index contributed by atoms with van der Waals surface area (Å²) in [6, 6.07) is 5.91. The van der Waals surface area contributed by atoms with Gasteiger partial charge in [0.2, 0.25) is 0 Å². The number of aliphatic hydroxyl groups is 1. The summed E-state index contributed by atoms with van der Waals surface area (Å²) < 4.78 is 18.2. The molecular weight excluding hydrogens is 337 g/mol. The van der Waals surface area contributed by atoms with Crippen molar-refractivity contribution >= 4 is 11.9 Å². The van der Waals surface area contributed by atoms with Crippen molar-refractivity contribution in [1.29, 1.82) is 0 Å². The molecule has 4 rings (SSSR count). The number of benzene rings is 1. The number of rotatable bonds is 4. The quantitative estimate of drug-likeness (QED) is 0.663. The Kier molecular flexibility index (Phi) is 4.21. The van der Waals surface area contributed by atoms with E-state index in [4.69, 9.17) is 4.74 Å². The summed E-state index contributed by atoms with van der Waals surface area (Å²) in [4.78, 5) is 27.1. The monoisotopic (exact) mass is 359 g/mol. The van der Waals surface area contributed by atoms with Crippen LogP contribution in [0.4, 0.5) is 4.39 Å². The van der Waals surface area contributed by atoms with E-state index in [1.54, 1.807) is 24.0 Å². The van der Waals surface area contributed by atoms with Crippen LogP contribution < -0.4 is 0 Å². The van der Waals surface area contributed by atoms with Crippen LogP contribution in [0.15, 0.2) is 35.6 Å². The fourth-order valence-electron chi connectivity index (χ4n) is 5.01. The molecule has 138 valence electrons. The Labute approximate surface area is 151 Å². The predicted octanol–water partition coefficient (Wildman–Crippen LogP) is 2.96. The van der Waals surface area contributed by atoms with Gasteiger partial charge in [0.1, 0.15) is 11.6 Å². The van der Waals surface area contributed by atoms with Gasteiger partial charge in [-0.05, 0) is 55.7 Å². The van der Waals surface area contributed by atoms with Crippen molar-refractivity contribution in [3.8, 4) is 0 Å². The molecule has 1 aliphatic heterocycles. The highest BCUT2D eigenvalue weighted by molar-refractivity contribution is 6.17. The third kappa shape index (κ3) is 2.59. The Bertz CT molecular complexity index is 773. The number of esters is 1. The zero-order valence-corrected chi connectivity index (χ0v) is 14.7. The summed E-state index contributed by atoms with van der Waals surface area (Å²) in [7, 11) is 0. The first-order valence-corrected chi connectivity index (χ1v) is 9.17. The number of nitrogens with zero attached hydrogens (tertiary/aromatic N) is 1. The van der Waals surface area contributed by atoms with E-state index in [2.05, 4.69) is 0 Å². The molecule has 2 fully saturated rings. The van der Waals surface area contributed by atoms with Gasteiger partial charge in [-0.15, -0.1) is 0 Å². The normalized spacial score (nSPS) is 29.9. The first-order valence-electron chi connectivity index (χ1n) is 9.17. The van der Waals surface area contributed by atoms with Crippen molar-refractivity contribution in [3.63, 3.8) is 0 Å². The number of carbonyl (C=O) groups is 2.